The van der Waals surface area contributed by atoms with Gasteiger partial charge in [0.2, 0.25) is 0 Å². The first-order valence-electron chi connectivity index (χ1n) is 9.13. The molecule has 0 unspecified atom stereocenters. The molecule has 1 fully saturated rings. The first-order chi connectivity index (χ1) is 14.6. The largest absolute Gasteiger partial charge is 0.497 e. The summed E-state index contributed by atoms with van der Waals surface area (Å²) in [7, 11) is 1.54. The number of benzene rings is 2. The number of carbonyl (C=O) groups is 3. The SMILES string of the molecule is COc1ccc2c(c1)OCN(CCON1C(=O)SC(=Cc3ccccc3)C1=O)C2=O. The molecule has 2 aliphatic rings. The topological polar surface area (TPSA) is 85.4 Å². The molecule has 0 aromatic heterocycles. The number of hydroxylamine groups is 2. The molecule has 0 saturated carbocycles. The number of nitrogens with zero attached hydrogens (tertiary/aromatic N) is 2. The van der Waals surface area contributed by atoms with Crippen LogP contribution < -0.4 is 9.47 Å². The molecule has 0 aliphatic carbocycles. The van der Waals surface area contributed by atoms with Crippen LogP contribution >= 0.6 is 11.8 Å². The predicted molar refractivity (Wildman–Crippen MR) is 110 cm³/mol. The number of carbonyl (C=O) groups excluding carboxylic acids is 3. The lowest BCUT2D eigenvalue weighted by Crippen LogP contribution is -2.42. The van der Waals surface area contributed by atoms with Crippen molar-refractivity contribution in [3.05, 3.63) is 64.6 Å². The second-order valence-corrected chi connectivity index (χ2v) is 7.42. The maximum Gasteiger partial charge on any atom is 0.317 e. The van der Waals surface area contributed by atoms with Crippen molar-refractivity contribution in [1.29, 1.82) is 0 Å². The number of hydrogen-bond donors (Lipinski definition) is 0. The summed E-state index contributed by atoms with van der Waals surface area (Å²) in [5.74, 6) is 0.308. The highest BCUT2D eigenvalue weighted by atomic mass is 32.2. The fourth-order valence-corrected chi connectivity index (χ4v) is 3.75. The van der Waals surface area contributed by atoms with Gasteiger partial charge in [0.25, 0.3) is 11.8 Å². The maximum absolute atomic E-state index is 12.6. The van der Waals surface area contributed by atoms with E-state index in [4.69, 9.17) is 14.3 Å². The minimum absolute atomic E-state index is 0.0305. The van der Waals surface area contributed by atoms with Crippen molar-refractivity contribution in [3.8, 4) is 11.5 Å². The number of rotatable bonds is 6. The second kappa shape index (κ2) is 8.60. The summed E-state index contributed by atoms with van der Waals surface area (Å²) in [4.78, 5) is 44.3. The van der Waals surface area contributed by atoms with Gasteiger partial charge in [-0.3, -0.25) is 19.2 Å². The van der Waals surface area contributed by atoms with Crippen LogP contribution in [-0.4, -0.2) is 54.0 Å². The van der Waals surface area contributed by atoms with Crippen molar-refractivity contribution in [1.82, 2.24) is 9.96 Å². The number of amides is 3. The first-order valence-corrected chi connectivity index (χ1v) is 9.94. The average Bonchev–Trinajstić information content (AvgIpc) is 3.03. The van der Waals surface area contributed by atoms with Crippen LogP contribution in [0.4, 0.5) is 4.79 Å². The molecule has 2 aromatic rings. The molecule has 2 aliphatic heterocycles. The van der Waals surface area contributed by atoms with E-state index < -0.39 is 11.1 Å². The molecule has 2 aromatic carbocycles. The van der Waals surface area contributed by atoms with Gasteiger partial charge < -0.3 is 14.4 Å². The normalized spacial score (nSPS) is 17.4. The van der Waals surface area contributed by atoms with Crippen molar-refractivity contribution in [3.63, 3.8) is 0 Å². The Bertz CT molecular complexity index is 1020. The number of ether oxygens (including phenoxy) is 2. The number of methoxy groups -OCH3 is 1. The molecule has 0 bridgehead atoms. The van der Waals surface area contributed by atoms with Gasteiger partial charge >= 0.3 is 5.24 Å². The zero-order chi connectivity index (χ0) is 21.1. The van der Waals surface area contributed by atoms with E-state index in [0.29, 0.717) is 17.1 Å². The highest BCUT2D eigenvalue weighted by molar-refractivity contribution is 8.18. The molecular weight excluding hydrogens is 408 g/mol. The molecule has 9 heteroatoms. The van der Waals surface area contributed by atoms with Gasteiger partial charge in [0.15, 0.2) is 6.73 Å². The monoisotopic (exact) mass is 426 g/mol. The number of imide groups is 1. The number of fused-ring (bicyclic) bond motifs is 1. The van der Waals surface area contributed by atoms with E-state index in [2.05, 4.69) is 0 Å². The third-order valence-electron chi connectivity index (χ3n) is 4.52. The predicted octanol–water partition coefficient (Wildman–Crippen LogP) is 3.16. The molecule has 0 spiro atoms. The molecule has 154 valence electrons. The van der Waals surface area contributed by atoms with Crippen LogP contribution in [0.5, 0.6) is 11.5 Å². The molecule has 3 amide bonds. The van der Waals surface area contributed by atoms with Crippen molar-refractivity contribution in [2.45, 2.75) is 0 Å². The van der Waals surface area contributed by atoms with E-state index in [-0.39, 0.29) is 30.7 Å². The van der Waals surface area contributed by atoms with Crippen molar-refractivity contribution in [2.75, 3.05) is 27.0 Å². The number of thioether (sulfide) groups is 1. The molecule has 2 heterocycles. The first kappa shape index (κ1) is 20.0. The van der Waals surface area contributed by atoms with Gasteiger partial charge in [-0.15, -0.1) is 5.06 Å². The third kappa shape index (κ3) is 4.03. The van der Waals surface area contributed by atoms with Gasteiger partial charge in [-0.1, -0.05) is 30.3 Å². The van der Waals surface area contributed by atoms with E-state index in [1.165, 1.54) is 12.0 Å². The summed E-state index contributed by atoms with van der Waals surface area (Å²) < 4.78 is 10.7. The number of hydrogen-bond acceptors (Lipinski definition) is 7. The van der Waals surface area contributed by atoms with Gasteiger partial charge in [-0.2, -0.15) is 0 Å². The van der Waals surface area contributed by atoms with Crippen LogP contribution in [-0.2, 0) is 9.63 Å². The quantitative estimate of drug-likeness (QED) is 0.656. The minimum Gasteiger partial charge on any atom is -0.497 e. The van der Waals surface area contributed by atoms with Crippen LogP contribution in [0.3, 0.4) is 0 Å². The van der Waals surface area contributed by atoms with Gasteiger partial charge in [-0.25, -0.2) is 0 Å². The van der Waals surface area contributed by atoms with Gasteiger partial charge in [0.1, 0.15) is 11.5 Å². The minimum atomic E-state index is -0.521. The highest BCUT2D eigenvalue weighted by Crippen LogP contribution is 2.32. The molecule has 0 atom stereocenters. The van der Waals surface area contributed by atoms with Crippen LogP contribution in [0.15, 0.2) is 53.4 Å². The van der Waals surface area contributed by atoms with E-state index in [1.54, 1.807) is 24.3 Å². The van der Waals surface area contributed by atoms with E-state index >= 15 is 0 Å². The zero-order valence-electron chi connectivity index (χ0n) is 16.1. The fraction of sp³-hybridized carbons (Fsp3) is 0.190. The van der Waals surface area contributed by atoms with Crippen LogP contribution in [0, 0.1) is 0 Å². The van der Waals surface area contributed by atoms with Crippen LogP contribution in [0.2, 0.25) is 0 Å². The van der Waals surface area contributed by atoms with E-state index in [9.17, 15) is 14.4 Å². The molecular formula is C21H18N2O6S. The Balaban J connectivity index is 1.35. The Morgan fingerprint density at radius 1 is 1.10 bits per heavy atom. The fourth-order valence-electron chi connectivity index (χ4n) is 2.98. The molecule has 0 radical (unpaired) electrons. The standard InChI is InChI=1S/C21H18N2O6S/c1-27-15-7-8-16-17(12-15)28-13-22(19(16)24)9-10-29-23-20(25)18(30-21(23)26)11-14-5-3-2-4-6-14/h2-8,11-12H,9-10,13H2,1H3. The summed E-state index contributed by atoms with van der Waals surface area (Å²) in [5.41, 5.74) is 1.23. The lowest BCUT2D eigenvalue weighted by molar-refractivity contribution is -0.160. The smallest absolute Gasteiger partial charge is 0.317 e. The summed E-state index contributed by atoms with van der Waals surface area (Å²) in [6.07, 6.45) is 1.64. The highest BCUT2D eigenvalue weighted by Gasteiger charge is 2.37. The molecule has 1 saturated heterocycles. The van der Waals surface area contributed by atoms with E-state index in [1.807, 2.05) is 30.3 Å². The lowest BCUT2D eigenvalue weighted by Gasteiger charge is -2.29. The molecule has 4 rings (SSSR count). The summed E-state index contributed by atoms with van der Waals surface area (Å²) in [6.45, 7) is 0.166. The van der Waals surface area contributed by atoms with Crippen LogP contribution in [0.1, 0.15) is 15.9 Å². The second-order valence-electron chi connectivity index (χ2n) is 6.42. The van der Waals surface area contributed by atoms with E-state index in [0.717, 1.165) is 22.4 Å². The molecule has 30 heavy (non-hydrogen) atoms. The molecule has 0 N–H and O–H groups in total. The third-order valence-corrected chi connectivity index (χ3v) is 5.37. The van der Waals surface area contributed by atoms with Gasteiger partial charge in [0, 0.05) is 6.07 Å². The van der Waals surface area contributed by atoms with Crippen molar-refractivity contribution < 1.29 is 28.7 Å². The Morgan fingerprint density at radius 2 is 1.90 bits per heavy atom. The zero-order valence-corrected chi connectivity index (χ0v) is 16.9. The van der Waals surface area contributed by atoms with Gasteiger partial charge in [0.05, 0.1) is 30.7 Å². The Hall–Kier alpha value is -3.30. The molecule has 8 nitrogen and oxygen atoms in total. The lowest BCUT2D eigenvalue weighted by atomic mass is 10.1. The Kier molecular flexibility index (Phi) is 5.73. The maximum atomic E-state index is 12.6. The Morgan fingerprint density at radius 3 is 2.67 bits per heavy atom. The summed E-state index contributed by atoms with van der Waals surface area (Å²) in [6, 6.07) is 14.2. The van der Waals surface area contributed by atoms with Gasteiger partial charge in [-0.05, 0) is 35.5 Å². The average molecular weight is 426 g/mol. The van der Waals surface area contributed by atoms with Crippen molar-refractivity contribution in [2.24, 2.45) is 0 Å². The van der Waals surface area contributed by atoms with Crippen LogP contribution in [0.25, 0.3) is 6.08 Å². The Labute approximate surface area is 176 Å². The summed E-state index contributed by atoms with van der Waals surface area (Å²) >= 11 is 0.814. The summed E-state index contributed by atoms with van der Waals surface area (Å²) in [5, 5.41) is 0.217. The van der Waals surface area contributed by atoms with Crippen molar-refractivity contribution >= 4 is 34.9 Å².